The van der Waals surface area contributed by atoms with Gasteiger partial charge in [0, 0.05) is 45.5 Å². The Labute approximate surface area is 190 Å². The second kappa shape index (κ2) is 8.24. The highest BCUT2D eigenvalue weighted by molar-refractivity contribution is 7.10. The number of rotatable bonds is 4. The van der Waals surface area contributed by atoms with E-state index in [1.54, 1.807) is 23.7 Å². The number of allylic oxidation sites excluding steroid dienone is 3. The van der Waals surface area contributed by atoms with E-state index in [2.05, 4.69) is 15.6 Å². The van der Waals surface area contributed by atoms with Gasteiger partial charge in [0.15, 0.2) is 5.78 Å². The third-order valence-electron chi connectivity index (χ3n) is 5.98. The van der Waals surface area contributed by atoms with Crippen LogP contribution in [0, 0.1) is 6.92 Å². The van der Waals surface area contributed by atoms with Crippen LogP contribution in [-0.4, -0.2) is 16.7 Å². The highest BCUT2D eigenvalue weighted by Gasteiger charge is 2.41. The number of Topliss-reactive ketones (excluding diaryl/α,β-unsaturated/α-hetero) is 1. The monoisotopic (exact) mass is 445 g/mol. The summed E-state index contributed by atoms with van der Waals surface area (Å²) in [5.41, 5.74) is 3.69. The second-order valence-corrected chi connectivity index (χ2v) is 9.15. The smallest absolute Gasteiger partial charge is 0.255 e. The molecule has 6 nitrogen and oxygen atoms in total. The number of anilines is 1. The molecule has 7 heteroatoms. The molecule has 0 spiro atoms. The van der Waals surface area contributed by atoms with Crippen molar-refractivity contribution < 1.29 is 14.0 Å². The molecule has 0 unspecified atom stereocenters. The Morgan fingerprint density at radius 1 is 1.16 bits per heavy atom. The number of aromatic nitrogens is 1. The standard InChI is InChI=1S/C25H23N3O3S/c1-14-6-3-9-21(26-14)28-25(30)22-15(2)27-17-12-16(19-7-4-10-31-19)13-18(29)23(17)24(22)20-8-5-11-32-20/h3-11,16,24,27H,12-13H2,1-2H3,(H,26,28,30)/t16-,24+/m0/s1. The zero-order valence-electron chi connectivity index (χ0n) is 17.8. The van der Waals surface area contributed by atoms with Gasteiger partial charge in [0.05, 0.1) is 12.2 Å². The van der Waals surface area contributed by atoms with E-state index in [0.717, 1.165) is 27.7 Å². The van der Waals surface area contributed by atoms with Gasteiger partial charge < -0.3 is 15.1 Å². The average molecular weight is 446 g/mol. The van der Waals surface area contributed by atoms with Gasteiger partial charge in [-0.2, -0.15) is 0 Å². The molecule has 3 aromatic rings. The van der Waals surface area contributed by atoms with Crippen molar-refractivity contribution in [2.75, 3.05) is 5.32 Å². The summed E-state index contributed by atoms with van der Waals surface area (Å²) >= 11 is 1.56. The van der Waals surface area contributed by atoms with Crippen molar-refractivity contribution in [2.24, 2.45) is 0 Å². The summed E-state index contributed by atoms with van der Waals surface area (Å²) in [6, 6.07) is 13.2. The van der Waals surface area contributed by atoms with Crippen molar-refractivity contribution in [3.05, 3.63) is 93.0 Å². The van der Waals surface area contributed by atoms with Crippen molar-refractivity contribution in [3.8, 4) is 0 Å². The molecule has 0 aromatic carbocycles. The summed E-state index contributed by atoms with van der Waals surface area (Å²) in [4.78, 5) is 32.2. The van der Waals surface area contributed by atoms with Crippen LogP contribution in [0.4, 0.5) is 5.82 Å². The van der Waals surface area contributed by atoms with Gasteiger partial charge in [-0.25, -0.2) is 4.98 Å². The number of amides is 1. The SMILES string of the molecule is CC1=C(C(=O)Nc2cccc(C)n2)[C@@H](c2cccs2)C2=C(C[C@H](c3ccco3)CC2=O)N1. The average Bonchev–Trinajstić information content (AvgIpc) is 3.47. The first kappa shape index (κ1) is 20.5. The molecule has 2 N–H and O–H groups in total. The first-order chi connectivity index (χ1) is 15.5. The molecule has 1 aliphatic heterocycles. The zero-order chi connectivity index (χ0) is 22.2. The topological polar surface area (TPSA) is 84.2 Å². The highest BCUT2D eigenvalue weighted by Crippen LogP contribution is 2.46. The molecule has 1 aliphatic carbocycles. The number of hydrogen-bond donors (Lipinski definition) is 2. The Morgan fingerprint density at radius 2 is 2.03 bits per heavy atom. The van der Waals surface area contributed by atoms with Crippen LogP contribution in [0.2, 0.25) is 0 Å². The summed E-state index contributed by atoms with van der Waals surface area (Å²) in [6.07, 6.45) is 2.67. The fraction of sp³-hybridized carbons (Fsp3) is 0.240. The van der Waals surface area contributed by atoms with Crippen molar-refractivity contribution in [1.82, 2.24) is 10.3 Å². The molecule has 1 amide bonds. The van der Waals surface area contributed by atoms with Crippen LogP contribution < -0.4 is 10.6 Å². The van der Waals surface area contributed by atoms with E-state index >= 15 is 0 Å². The third kappa shape index (κ3) is 3.69. The van der Waals surface area contributed by atoms with E-state index in [9.17, 15) is 9.59 Å². The molecule has 2 aliphatic rings. The Morgan fingerprint density at radius 3 is 2.75 bits per heavy atom. The number of aryl methyl sites for hydroxylation is 1. The lowest BCUT2D eigenvalue weighted by Gasteiger charge is -2.35. The maximum atomic E-state index is 13.4. The maximum absolute atomic E-state index is 13.4. The third-order valence-corrected chi connectivity index (χ3v) is 6.91. The Balaban J connectivity index is 1.53. The minimum atomic E-state index is -0.402. The number of pyridine rings is 1. The van der Waals surface area contributed by atoms with E-state index in [0.29, 0.717) is 29.8 Å². The van der Waals surface area contributed by atoms with Crippen LogP contribution >= 0.6 is 11.3 Å². The van der Waals surface area contributed by atoms with E-state index < -0.39 is 5.92 Å². The van der Waals surface area contributed by atoms with Crippen molar-refractivity contribution >= 4 is 28.8 Å². The summed E-state index contributed by atoms with van der Waals surface area (Å²) in [5, 5.41) is 8.28. The normalized spacial score (nSPS) is 20.8. The number of furan rings is 1. The summed E-state index contributed by atoms with van der Waals surface area (Å²) in [5.74, 6) is 0.695. The van der Waals surface area contributed by atoms with Crippen LogP contribution in [0.3, 0.4) is 0 Å². The quantitative estimate of drug-likeness (QED) is 0.587. The molecule has 2 atom stereocenters. The maximum Gasteiger partial charge on any atom is 0.255 e. The number of ketones is 1. The lowest BCUT2D eigenvalue weighted by atomic mass is 9.74. The van der Waals surface area contributed by atoms with Gasteiger partial charge in [0.1, 0.15) is 11.6 Å². The van der Waals surface area contributed by atoms with Crippen molar-refractivity contribution in [3.63, 3.8) is 0 Å². The Kier molecular flexibility index (Phi) is 5.27. The second-order valence-electron chi connectivity index (χ2n) is 8.17. The van der Waals surface area contributed by atoms with E-state index in [1.165, 1.54) is 0 Å². The van der Waals surface area contributed by atoms with E-state index in [1.807, 2.05) is 55.6 Å². The molecule has 4 heterocycles. The number of carbonyl (C=O) groups is 2. The van der Waals surface area contributed by atoms with Crippen LogP contribution in [0.15, 0.2) is 81.1 Å². The van der Waals surface area contributed by atoms with Gasteiger partial charge in [-0.3, -0.25) is 9.59 Å². The molecular formula is C25H23N3O3S. The molecular weight excluding hydrogens is 422 g/mol. The summed E-state index contributed by atoms with van der Waals surface area (Å²) < 4.78 is 5.58. The Hall–Kier alpha value is -3.45. The minimum Gasteiger partial charge on any atom is -0.469 e. The van der Waals surface area contributed by atoms with Gasteiger partial charge >= 0.3 is 0 Å². The lowest BCUT2D eigenvalue weighted by molar-refractivity contribution is -0.116. The van der Waals surface area contributed by atoms with Crippen LogP contribution in [0.1, 0.15) is 47.9 Å². The predicted molar refractivity (Wildman–Crippen MR) is 123 cm³/mol. The van der Waals surface area contributed by atoms with Crippen LogP contribution in [-0.2, 0) is 9.59 Å². The number of nitrogens with zero attached hydrogens (tertiary/aromatic N) is 1. The van der Waals surface area contributed by atoms with Crippen molar-refractivity contribution in [2.45, 2.75) is 38.5 Å². The number of thiophene rings is 1. The Bertz CT molecular complexity index is 1240. The summed E-state index contributed by atoms with van der Waals surface area (Å²) in [7, 11) is 0. The molecule has 0 bridgehead atoms. The van der Waals surface area contributed by atoms with Gasteiger partial charge in [-0.15, -0.1) is 11.3 Å². The fourth-order valence-electron chi connectivity index (χ4n) is 4.60. The molecule has 3 aromatic heterocycles. The van der Waals surface area contributed by atoms with Gasteiger partial charge in [-0.05, 0) is 56.0 Å². The van der Waals surface area contributed by atoms with Crippen LogP contribution in [0.5, 0.6) is 0 Å². The predicted octanol–water partition coefficient (Wildman–Crippen LogP) is 5.04. The number of carbonyl (C=O) groups excluding carboxylic acids is 2. The van der Waals surface area contributed by atoms with Gasteiger partial charge in [0.2, 0.25) is 0 Å². The molecule has 0 radical (unpaired) electrons. The van der Waals surface area contributed by atoms with Crippen molar-refractivity contribution in [1.29, 1.82) is 0 Å². The molecule has 0 saturated heterocycles. The molecule has 32 heavy (non-hydrogen) atoms. The zero-order valence-corrected chi connectivity index (χ0v) is 18.7. The molecule has 0 saturated carbocycles. The molecule has 0 fully saturated rings. The lowest BCUT2D eigenvalue weighted by Crippen LogP contribution is -2.36. The van der Waals surface area contributed by atoms with Crippen LogP contribution in [0.25, 0.3) is 0 Å². The van der Waals surface area contributed by atoms with Gasteiger partial charge in [-0.1, -0.05) is 12.1 Å². The first-order valence-electron chi connectivity index (χ1n) is 10.6. The number of dihydropyridines is 1. The number of hydrogen-bond acceptors (Lipinski definition) is 6. The van der Waals surface area contributed by atoms with Gasteiger partial charge in [0.25, 0.3) is 5.91 Å². The molecule has 5 rings (SSSR count). The fourth-order valence-corrected chi connectivity index (χ4v) is 5.44. The summed E-state index contributed by atoms with van der Waals surface area (Å²) in [6.45, 7) is 3.77. The highest BCUT2D eigenvalue weighted by atomic mass is 32.1. The first-order valence-corrected chi connectivity index (χ1v) is 11.4. The largest absolute Gasteiger partial charge is 0.469 e. The van der Waals surface area contributed by atoms with E-state index in [4.69, 9.17) is 4.42 Å². The minimum absolute atomic E-state index is 0.00703. The molecule has 162 valence electrons. The van der Waals surface area contributed by atoms with E-state index in [-0.39, 0.29) is 17.6 Å². The number of nitrogens with one attached hydrogen (secondary N) is 2.